The second kappa shape index (κ2) is 7.30. The molecule has 1 fully saturated rings. The monoisotopic (exact) mass is 315 g/mol. The van der Waals surface area contributed by atoms with E-state index < -0.39 is 0 Å². The van der Waals surface area contributed by atoms with Crippen molar-refractivity contribution in [2.75, 3.05) is 6.54 Å². The highest BCUT2D eigenvalue weighted by molar-refractivity contribution is 5.85. The van der Waals surface area contributed by atoms with Gasteiger partial charge in [-0.15, -0.1) is 24.8 Å². The molecule has 2 heterocycles. The summed E-state index contributed by atoms with van der Waals surface area (Å²) in [5.74, 6) is 1.87. The molecule has 2 aromatic rings. The summed E-state index contributed by atoms with van der Waals surface area (Å²) in [6.07, 6.45) is 2.47. The molecule has 0 aliphatic carbocycles. The van der Waals surface area contributed by atoms with Gasteiger partial charge in [0, 0.05) is 6.54 Å². The van der Waals surface area contributed by atoms with E-state index in [0.29, 0.717) is 12.0 Å². The van der Waals surface area contributed by atoms with Gasteiger partial charge in [-0.05, 0) is 37.4 Å². The highest BCUT2D eigenvalue weighted by atomic mass is 35.5. The Kier molecular flexibility index (Phi) is 6.31. The number of halogens is 2. The first-order valence-corrected chi connectivity index (χ1v) is 6.94. The lowest BCUT2D eigenvalue weighted by Crippen LogP contribution is -2.19. The highest BCUT2D eigenvalue weighted by Crippen LogP contribution is 2.27. The van der Waals surface area contributed by atoms with Gasteiger partial charge in [0.1, 0.15) is 5.82 Å². The minimum absolute atomic E-state index is 0. The molecule has 1 unspecified atom stereocenters. The zero-order chi connectivity index (χ0) is 12.5. The Balaban J connectivity index is 0.000001000. The number of nitrogens with zero attached hydrogens (tertiary/aromatic N) is 2. The molecule has 0 saturated carbocycles. The van der Waals surface area contributed by atoms with Crippen LogP contribution < -0.4 is 5.32 Å². The van der Waals surface area contributed by atoms with Crippen LogP contribution in [0.15, 0.2) is 24.3 Å². The molecular formula is C15H23Cl2N3. The summed E-state index contributed by atoms with van der Waals surface area (Å²) in [6, 6.07) is 8.91. The van der Waals surface area contributed by atoms with Crippen LogP contribution in [0.5, 0.6) is 0 Å². The molecule has 112 valence electrons. The van der Waals surface area contributed by atoms with Gasteiger partial charge in [-0.25, -0.2) is 4.98 Å². The minimum Gasteiger partial charge on any atom is -0.326 e. The molecule has 1 atom stereocenters. The molecule has 0 radical (unpaired) electrons. The first-order valence-electron chi connectivity index (χ1n) is 6.94. The summed E-state index contributed by atoms with van der Waals surface area (Å²) in [4.78, 5) is 4.85. The molecule has 1 aliphatic rings. The van der Waals surface area contributed by atoms with Crippen molar-refractivity contribution < 1.29 is 0 Å². The molecule has 5 heteroatoms. The SMILES string of the molecule is CC(C)Cn1c(C2CCCN2)nc2ccccc21.Cl.Cl. The van der Waals surface area contributed by atoms with Crippen molar-refractivity contribution >= 4 is 35.8 Å². The van der Waals surface area contributed by atoms with E-state index in [2.05, 4.69) is 48.0 Å². The van der Waals surface area contributed by atoms with Crippen molar-refractivity contribution in [3.8, 4) is 0 Å². The third-order valence-electron chi connectivity index (χ3n) is 3.60. The van der Waals surface area contributed by atoms with E-state index in [4.69, 9.17) is 4.98 Å². The third-order valence-corrected chi connectivity index (χ3v) is 3.60. The largest absolute Gasteiger partial charge is 0.326 e. The van der Waals surface area contributed by atoms with E-state index in [9.17, 15) is 0 Å². The van der Waals surface area contributed by atoms with Crippen LogP contribution in [0.3, 0.4) is 0 Å². The molecule has 1 aromatic carbocycles. The second-order valence-electron chi connectivity index (χ2n) is 5.61. The van der Waals surface area contributed by atoms with Crippen molar-refractivity contribution in [3.63, 3.8) is 0 Å². The Morgan fingerprint density at radius 3 is 2.70 bits per heavy atom. The Labute approximate surface area is 133 Å². The van der Waals surface area contributed by atoms with Crippen LogP contribution in [0.4, 0.5) is 0 Å². The quantitative estimate of drug-likeness (QED) is 0.929. The van der Waals surface area contributed by atoms with Crippen molar-refractivity contribution in [1.82, 2.24) is 14.9 Å². The number of hydrogen-bond donors (Lipinski definition) is 1. The molecule has 0 spiro atoms. The molecule has 1 aliphatic heterocycles. The Hall–Kier alpha value is -0.770. The molecule has 3 rings (SSSR count). The number of aromatic nitrogens is 2. The van der Waals surface area contributed by atoms with Gasteiger partial charge in [0.05, 0.1) is 17.1 Å². The third kappa shape index (κ3) is 3.27. The summed E-state index contributed by atoms with van der Waals surface area (Å²) in [6.45, 7) is 6.70. The van der Waals surface area contributed by atoms with Gasteiger partial charge in [-0.3, -0.25) is 0 Å². The number of hydrogen-bond acceptors (Lipinski definition) is 2. The number of rotatable bonds is 3. The zero-order valence-electron chi connectivity index (χ0n) is 12.0. The molecule has 1 saturated heterocycles. The summed E-state index contributed by atoms with van der Waals surface area (Å²) >= 11 is 0. The lowest BCUT2D eigenvalue weighted by atomic mass is 10.2. The van der Waals surface area contributed by atoms with E-state index in [1.54, 1.807) is 0 Å². The van der Waals surface area contributed by atoms with Crippen LogP contribution >= 0.6 is 24.8 Å². The summed E-state index contributed by atoms with van der Waals surface area (Å²) in [5.41, 5.74) is 2.40. The second-order valence-corrected chi connectivity index (χ2v) is 5.61. The van der Waals surface area contributed by atoms with Gasteiger partial charge < -0.3 is 9.88 Å². The van der Waals surface area contributed by atoms with Crippen LogP contribution in [0.2, 0.25) is 0 Å². The predicted molar refractivity (Wildman–Crippen MR) is 89.0 cm³/mol. The Morgan fingerprint density at radius 2 is 2.05 bits per heavy atom. The van der Waals surface area contributed by atoms with Gasteiger partial charge in [0.2, 0.25) is 0 Å². The van der Waals surface area contributed by atoms with E-state index in [1.165, 1.54) is 24.2 Å². The number of benzene rings is 1. The molecule has 0 bridgehead atoms. The van der Waals surface area contributed by atoms with E-state index in [-0.39, 0.29) is 24.8 Å². The molecule has 1 N–H and O–H groups in total. The van der Waals surface area contributed by atoms with Crippen molar-refractivity contribution in [3.05, 3.63) is 30.1 Å². The van der Waals surface area contributed by atoms with Crippen LogP contribution in [-0.4, -0.2) is 16.1 Å². The summed E-state index contributed by atoms with van der Waals surface area (Å²) in [7, 11) is 0. The number of nitrogens with one attached hydrogen (secondary N) is 1. The van der Waals surface area contributed by atoms with Gasteiger partial charge in [0.25, 0.3) is 0 Å². The summed E-state index contributed by atoms with van der Waals surface area (Å²) in [5, 5.41) is 3.56. The molecule has 0 amide bonds. The molecule has 1 aromatic heterocycles. The van der Waals surface area contributed by atoms with Gasteiger partial charge in [0.15, 0.2) is 0 Å². The molecule has 20 heavy (non-hydrogen) atoms. The van der Waals surface area contributed by atoms with E-state index >= 15 is 0 Å². The van der Waals surface area contributed by atoms with Crippen molar-refractivity contribution in [2.24, 2.45) is 5.92 Å². The van der Waals surface area contributed by atoms with E-state index in [1.807, 2.05) is 0 Å². The van der Waals surface area contributed by atoms with Crippen LogP contribution in [0, 0.1) is 5.92 Å². The molecule has 3 nitrogen and oxygen atoms in total. The number of imidazole rings is 1. The zero-order valence-corrected chi connectivity index (χ0v) is 13.6. The van der Waals surface area contributed by atoms with Crippen molar-refractivity contribution in [1.29, 1.82) is 0 Å². The Morgan fingerprint density at radius 1 is 1.30 bits per heavy atom. The fourth-order valence-corrected chi connectivity index (χ4v) is 2.82. The fourth-order valence-electron chi connectivity index (χ4n) is 2.82. The highest BCUT2D eigenvalue weighted by Gasteiger charge is 2.23. The smallest absolute Gasteiger partial charge is 0.127 e. The average molecular weight is 316 g/mol. The number of fused-ring (bicyclic) bond motifs is 1. The van der Waals surface area contributed by atoms with Crippen LogP contribution in [-0.2, 0) is 6.54 Å². The summed E-state index contributed by atoms with van der Waals surface area (Å²) < 4.78 is 2.41. The first kappa shape index (κ1) is 17.3. The Bertz CT molecular complexity index is 545. The normalized spacial score (nSPS) is 18.1. The average Bonchev–Trinajstić information content (AvgIpc) is 2.96. The van der Waals surface area contributed by atoms with Crippen LogP contribution in [0.25, 0.3) is 11.0 Å². The predicted octanol–water partition coefficient (Wildman–Crippen LogP) is 3.96. The molecular weight excluding hydrogens is 293 g/mol. The topological polar surface area (TPSA) is 29.9 Å². The maximum Gasteiger partial charge on any atom is 0.127 e. The standard InChI is InChI=1S/C15H21N3.2ClH/c1-11(2)10-18-14-8-4-3-6-12(14)17-15(18)13-7-5-9-16-13;;/h3-4,6,8,11,13,16H,5,7,9-10H2,1-2H3;2*1H. The van der Waals surface area contributed by atoms with Crippen LogP contribution in [0.1, 0.15) is 38.6 Å². The van der Waals surface area contributed by atoms with Gasteiger partial charge in [-0.1, -0.05) is 26.0 Å². The number of para-hydroxylation sites is 2. The lowest BCUT2D eigenvalue weighted by molar-refractivity contribution is 0.485. The van der Waals surface area contributed by atoms with Gasteiger partial charge >= 0.3 is 0 Å². The lowest BCUT2D eigenvalue weighted by Gasteiger charge is -2.15. The fraction of sp³-hybridized carbons (Fsp3) is 0.533. The van der Waals surface area contributed by atoms with Gasteiger partial charge in [-0.2, -0.15) is 0 Å². The van der Waals surface area contributed by atoms with E-state index in [0.717, 1.165) is 18.6 Å². The maximum atomic E-state index is 4.85. The maximum absolute atomic E-state index is 4.85. The first-order chi connectivity index (χ1) is 8.75. The van der Waals surface area contributed by atoms with Crippen molar-refractivity contribution in [2.45, 2.75) is 39.3 Å². The minimum atomic E-state index is 0.